The van der Waals surface area contributed by atoms with E-state index in [1.807, 2.05) is 72.1 Å². The molecule has 0 atom stereocenters. The molecule has 5 rings (SSSR count). The predicted octanol–water partition coefficient (Wildman–Crippen LogP) is 4.23. The summed E-state index contributed by atoms with van der Waals surface area (Å²) in [6, 6.07) is 22.5. The molecule has 0 radical (unpaired) electrons. The molecule has 0 saturated carbocycles. The highest BCUT2D eigenvalue weighted by Crippen LogP contribution is 2.26. The van der Waals surface area contributed by atoms with Crippen molar-refractivity contribution in [2.24, 2.45) is 0 Å². The maximum atomic E-state index is 12.9. The van der Waals surface area contributed by atoms with Crippen LogP contribution in [0.4, 0.5) is 11.4 Å². The lowest BCUT2D eigenvalue weighted by Gasteiger charge is -2.28. The van der Waals surface area contributed by atoms with E-state index in [1.54, 1.807) is 10.7 Å². The van der Waals surface area contributed by atoms with Gasteiger partial charge in [0.1, 0.15) is 5.69 Å². The fourth-order valence-corrected chi connectivity index (χ4v) is 4.50. The predicted molar refractivity (Wildman–Crippen MR) is 135 cm³/mol. The Morgan fingerprint density at radius 3 is 2.46 bits per heavy atom. The summed E-state index contributed by atoms with van der Waals surface area (Å²) in [6.07, 6.45) is 0. The van der Waals surface area contributed by atoms with Crippen LogP contribution in [0.25, 0.3) is 16.3 Å². The second kappa shape index (κ2) is 10.5. The number of nitrogens with zero attached hydrogens (tertiary/aromatic N) is 3. The molecule has 3 heterocycles. The Hall–Kier alpha value is -3.95. The zero-order valence-electron chi connectivity index (χ0n) is 18.9. The van der Waals surface area contributed by atoms with Gasteiger partial charge in [0.15, 0.2) is 12.3 Å². The fourth-order valence-electron chi connectivity index (χ4n) is 3.82. The quantitative estimate of drug-likeness (QED) is 0.392. The maximum absolute atomic E-state index is 12.9. The lowest BCUT2D eigenvalue weighted by Crippen LogP contribution is -2.36. The molecule has 1 aliphatic rings. The van der Waals surface area contributed by atoms with Crippen LogP contribution in [0.5, 0.6) is 0 Å². The molecule has 2 aromatic carbocycles. The van der Waals surface area contributed by atoms with Gasteiger partial charge >= 0.3 is 5.97 Å². The third-order valence-corrected chi connectivity index (χ3v) is 6.45. The summed E-state index contributed by atoms with van der Waals surface area (Å²) >= 11 is 1.53. The van der Waals surface area contributed by atoms with Crippen molar-refractivity contribution in [3.63, 3.8) is 0 Å². The first kappa shape index (κ1) is 22.8. The van der Waals surface area contributed by atoms with Crippen LogP contribution in [0, 0.1) is 0 Å². The second-order valence-electron chi connectivity index (χ2n) is 7.91. The van der Waals surface area contributed by atoms with Gasteiger partial charge in [-0.2, -0.15) is 5.10 Å². The van der Waals surface area contributed by atoms with Gasteiger partial charge in [-0.25, -0.2) is 9.48 Å². The summed E-state index contributed by atoms with van der Waals surface area (Å²) < 4.78 is 12.3. The van der Waals surface area contributed by atoms with Crippen LogP contribution in [0.2, 0.25) is 0 Å². The van der Waals surface area contributed by atoms with Gasteiger partial charge in [-0.05, 0) is 47.8 Å². The number of carbonyl (C=O) groups is 2. The summed E-state index contributed by atoms with van der Waals surface area (Å²) in [4.78, 5) is 28.5. The smallest absolute Gasteiger partial charge is 0.357 e. The summed E-state index contributed by atoms with van der Waals surface area (Å²) in [5, 5.41) is 9.32. The topological polar surface area (TPSA) is 85.7 Å². The minimum atomic E-state index is -0.623. The third-order valence-electron chi connectivity index (χ3n) is 5.55. The monoisotopic (exact) mass is 488 g/mol. The third kappa shape index (κ3) is 5.42. The Balaban J connectivity index is 1.24. The number of thiophene rings is 1. The van der Waals surface area contributed by atoms with Crippen molar-refractivity contribution in [1.29, 1.82) is 0 Å². The van der Waals surface area contributed by atoms with Crippen LogP contribution >= 0.6 is 11.3 Å². The van der Waals surface area contributed by atoms with Gasteiger partial charge in [0.05, 0.1) is 23.8 Å². The number of morpholine rings is 1. The van der Waals surface area contributed by atoms with Gasteiger partial charge in [-0.1, -0.05) is 24.3 Å². The molecule has 8 nitrogen and oxygen atoms in total. The molecule has 4 aromatic rings. The van der Waals surface area contributed by atoms with Gasteiger partial charge in [-0.3, -0.25) is 4.79 Å². The first-order valence-corrected chi connectivity index (χ1v) is 12.1. The van der Waals surface area contributed by atoms with Crippen molar-refractivity contribution < 1.29 is 19.1 Å². The van der Waals surface area contributed by atoms with E-state index in [2.05, 4.69) is 15.3 Å². The number of anilines is 2. The molecule has 0 aliphatic carbocycles. The van der Waals surface area contributed by atoms with Crippen LogP contribution in [-0.2, 0) is 14.3 Å². The molecule has 2 aromatic heterocycles. The first-order chi connectivity index (χ1) is 17.2. The van der Waals surface area contributed by atoms with Crippen LogP contribution in [0.15, 0.2) is 78.2 Å². The maximum Gasteiger partial charge on any atom is 0.357 e. The van der Waals surface area contributed by atoms with Crippen molar-refractivity contribution in [1.82, 2.24) is 9.78 Å². The van der Waals surface area contributed by atoms with E-state index >= 15 is 0 Å². The van der Waals surface area contributed by atoms with E-state index in [0.717, 1.165) is 29.3 Å². The van der Waals surface area contributed by atoms with Crippen LogP contribution in [-0.4, -0.2) is 54.6 Å². The van der Waals surface area contributed by atoms with E-state index in [1.165, 1.54) is 11.3 Å². The number of hydrogen-bond acceptors (Lipinski definition) is 7. The highest BCUT2D eigenvalue weighted by Gasteiger charge is 2.20. The standard InChI is InChI=1S/C26H24N4O4S/c31-25(27-19-8-10-20(11-9-19)29-12-14-33-15-13-29)18-34-26(32)23-17-22(24-7-4-16-35-24)28-30(23)21-5-2-1-3-6-21/h1-11,16-17H,12-15,18H2,(H,27,31). The normalized spacial score (nSPS) is 13.4. The molecule has 0 spiro atoms. The average molecular weight is 489 g/mol. The molecule has 178 valence electrons. The highest BCUT2D eigenvalue weighted by molar-refractivity contribution is 7.13. The number of amides is 1. The van der Waals surface area contributed by atoms with E-state index in [-0.39, 0.29) is 5.69 Å². The van der Waals surface area contributed by atoms with Crippen LogP contribution < -0.4 is 10.2 Å². The molecular weight excluding hydrogens is 464 g/mol. The van der Waals surface area contributed by atoms with Gasteiger partial charge < -0.3 is 19.7 Å². The lowest BCUT2D eigenvalue weighted by atomic mass is 10.2. The Morgan fingerprint density at radius 2 is 1.74 bits per heavy atom. The van der Waals surface area contributed by atoms with Crippen molar-refractivity contribution in [3.8, 4) is 16.3 Å². The Morgan fingerprint density at radius 1 is 0.971 bits per heavy atom. The van der Waals surface area contributed by atoms with Crippen molar-refractivity contribution in [2.75, 3.05) is 43.1 Å². The van der Waals surface area contributed by atoms with E-state index in [0.29, 0.717) is 24.6 Å². The largest absolute Gasteiger partial charge is 0.451 e. The molecule has 0 unspecified atom stereocenters. The number of rotatable bonds is 7. The molecule has 1 amide bonds. The van der Waals surface area contributed by atoms with Gasteiger partial charge in [-0.15, -0.1) is 11.3 Å². The summed E-state index contributed by atoms with van der Waals surface area (Å²) in [5.41, 5.74) is 3.36. The van der Waals surface area contributed by atoms with E-state index in [9.17, 15) is 9.59 Å². The average Bonchev–Trinajstić information content (AvgIpc) is 3.59. The summed E-state index contributed by atoms with van der Waals surface area (Å²) in [6.45, 7) is 2.70. The van der Waals surface area contributed by atoms with Crippen molar-refractivity contribution in [2.45, 2.75) is 0 Å². The van der Waals surface area contributed by atoms with Crippen LogP contribution in [0.3, 0.4) is 0 Å². The Labute approximate surface area is 206 Å². The summed E-state index contributed by atoms with van der Waals surface area (Å²) in [5.74, 6) is -1.04. The van der Waals surface area contributed by atoms with Crippen molar-refractivity contribution >= 4 is 34.6 Å². The fraction of sp³-hybridized carbons (Fsp3) is 0.192. The minimum absolute atomic E-state index is 0.252. The molecule has 0 bridgehead atoms. The van der Waals surface area contributed by atoms with Crippen molar-refractivity contribution in [3.05, 3.63) is 83.9 Å². The van der Waals surface area contributed by atoms with E-state index in [4.69, 9.17) is 9.47 Å². The number of benzene rings is 2. The second-order valence-corrected chi connectivity index (χ2v) is 8.86. The molecule has 35 heavy (non-hydrogen) atoms. The zero-order valence-corrected chi connectivity index (χ0v) is 19.7. The molecule has 9 heteroatoms. The Kier molecular flexibility index (Phi) is 6.87. The summed E-state index contributed by atoms with van der Waals surface area (Å²) in [7, 11) is 0. The number of ether oxygens (including phenoxy) is 2. The number of nitrogens with one attached hydrogen (secondary N) is 1. The van der Waals surface area contributed by atoms with E-state index < -0.39 is 18.5 Å². The number of carbonyl (C=O) groups excluding carboxylic acids is 2. The SMILES string of the molecule is O=C(COC(=O)c1cc(-c2cccs2)nn1-c1ccccc1)Nc1ccc(N2CCOCC2)cc1. The first-order valence-electron chi connectivity index (χ1n) is 11.3. The molecule has 1 saturated heterocycles. The minimum Gasteiger partial charge on any atom is -0.451 e. The van der Waals surface area contributed by atoms with Crippen LogP contribution in [0.1, 0.15) is 10.5 Å². The zero-order chi connectivity index (χ0) is 24.0. The number of aromatic nitrogens is 2. The Bertz CT molecular complexity index is 1280. The number of hydrogen-bond donors (Lipinski definition) is 1. The highest BCUT2D eigenvalue weighted by atomic mass is 32.1. The molecule has 1 aliphatic heterocycles. The number of esters is 1. The van der Waals surface area contributed by atoms with Gasteiger partial charge in [0.2, 0.25) is 0 Å². The number of para-hydroxylation sites is 1. The molecule has 1 fully saturated rings. The lowest BCUT2D eigenvalue weighted by molar-refractivity contribution is -0.119. The molecular formula is C26H24N4O4S. The van der Waals surface area contributed by atoms with Gasteiger partial charge in [0.25, 0.3) is 5.91 Å². The molecule has 1 N–H and O–H groups in total. The van der Waals surface area contributed by atoms with Gasteiger partial charge in [0, 0.05) is 30.5 Å².